The van der Waals surface area contributed by atoms with Gasteiger partial charge in [0.1, 0.15) is 0 Å². The Morgan fingerprint density at radius 2 is 2.10 bits per heavy atom. The first kappa shape index (κ1) is 16.0. The number of carbonyl (C=O) groups is 1. The van der Waals surface area contributed by atoms with E-state index in [-0.39, 0.29) is 29.8 Å². The third-order valence-corrected chi connectivity index (χ3v) is 5.49. The molecule has 1 aromatic carbocycles. The second-order valence-corrected chi connectivity index (χ2v) is 7.69. The van der Waals surface area contributed by atoms with Crippen LogP contribution < -0.4 is 10.6 Å². The normalized spacial score (nSPS) is 20.3. The molecule has 1 aliphatic rings. The van der Waals surface area contributed by atoms with E-state index in [1.165, 1.54) is 0 Å². The third kappa shape index (κ3) is 4.82. The summed E-state index contributed by atoms with van der Waals surface area (Å²) in [6.45, 7) is 3.59. The van der Waals surface area contributed by atoms with Gasteiger partial charge < -0.3 is 10.6 Å². The SMILES string of the molecule is CCNCc1ccccc1NC(=O)CC1CCS(=O)(=O)C1. The van der Waals surface area contributed by atoms with Crippen LogP contribution in [0.15, 0.2) is 24.3 Å². The minimum atomic E-state index is -2.92. The van der Waals surface area contributed by atoms with Crippen molar-refractivity contribution in [2.45, 2.75) is 26.3 Å². The van der Waals surface area contributed by atoms with Crippen molar-refractivity contribution in [3.8, 4) is 0 Å². The molecule has 1 amide bonds. The minimum absolute atomic E-state index is 0.0454. The molecule has 0 aromatic heterocycles. The summed E-state index contributed by atoms with van der Waals surface area (Å²) in [6.07, 6.45) is 0.865. The summed E-state index contributed by atoms with van der Waals surface area (Å²) in [4.78, 5) is 12.1. The van der Waals surface area contributed by atoms with Crippen molar-refractivity contribution in [2.24, 2.45) is 5.92 Å². The van der Waals surface area contributed by atoms with Crippen LogP contribution in [0, 0.1) is 5.92 Å². The van der Waals surface area contributed by atoms with Crippen LogP contribution in [0.25, 0.3) is 0 Å². The molecule has 0 spiro atoms. The van der Waals surface area contributed by atoms with E-state index in [1.54, 1.807) is 0 Å². The van der Waals surface area contributed by atoms with Crippen LogP contribution in [0.4, 0.5) is 5.69 Å². The Bertz CT molecular complexity index is 599. The van der Waals surface area contributed by atoms with Crippen molar-refractivity contribution >= 4 is 21.4 Å². The lowest BCUT2D eigenvalue weighted by molar-refractivity contribution is -0.116. The van der Waals surface area contributed by atoms with E-state index in [0.29, 0.717) is 13.0 Å². The topological polar surface area (TPSA) is 75.3 Å². The molecule has 1 aliphatic heterocycles. The van der Waals surface area contributed by atoms with Gasteiger partial charge >= 0.3 is 0 Å². The fourth-order valence-electron chi connectivity index (χ4n) is 2.55. The van der Waals surface area contributed by atoms with Gasteiger partial charge in [0, 0.05) is 18.7 Å². The highest BCUT2D eigenvalue weighted by Gasteiger charge is 2.29. The second-order valence-electron chi connectivity index (χ2n) is 5.46. The number of hydrogen-bond donors (Lipinski definition) is 2. The second kappa shape index (κ2) is 7.04. The molecule has 0 bridgehead atoms. The molecule has 6 heteroatoms. The van der Waals surface area contributed by atoms with Crippen LogP contribution in [-0.4, -0.2) is 32.4 Å². The molecule has 0 saturated carbocycles. The molecule has 21 heavy (non-hydrogen) atoms. The zero-order valence-electron chi connectivity index (χ0n) is 12.3. The average Bonchev–Trinajstić information content (AvgIpc) is 2.76. The summed E-state index contributed by atoms with van der Waals surface area (Å²) in [7, 11) is -2.92. The Morgan fingerprint density at radius 3 is 2.76 bits per heavy atom. The van der Waals surface area contributed by atoms with E-state index in [9.17, 15) is 13.2 Å². The van der Waals surface area contributed by atoms with Gasteiger partial charge in [-0.25, -0.2) is 8.42 Å². The van der Waals surface area contributed by atoms with Gasteiger partial charge in [0.2, 0.25) is 5.91 Å². The maximum Gasteiger partial charge on any atom is 0.224 e. The third-order valence-electron chi connectivity index (χ3n) is 3.66. The molecule has 1 unspecified atom stereocenters. The van der Waals surface area contributed by atoms with E-state index in [1.807, 2.05) is 31.2 Å². The highest BCUT2D eigenvalue weighted by molar-refractivity contribution is 7.91. The van der Waals surface area contributed by atoms with Crippen molar-refractivity contribution in [2.75, 3.05) is 23.4 Å². The van der Waals surface area contributed by atoms with Crippen LogP contribution in [0.3, 0.4) is 0 Å². The Hall–Kier alpha value is -1.40. The number of nitrogens with one attached hydrogen (secondary N) is 2. The van der Waals surface area contributed by atoms with E-state index in [4.69, 9.17) is 0 Å². The van der Waals surface area contributed by atoms with Crippen molar-refractivity contribution in [1.82, 2.24) is 5.32 Å². The molecule has 2 N–H and O–H groups in total. The van der Waals surface area contributed by atoms with Crippen LogP contribution in [0.5, 0.6) is 0 Å². The molecule has 5 nitrogen and oxygen atoms in total. The first-order valence-electron chi connectivity index (χ1n) is 7.29. The van der Waals surface area contributed by atoms with E-state index < -0.39 is 9.84 Å². The minimum Gasteiger partial charge on any atom is -0.326 e. The lowest BCUT2D eigenvalue weighted by Crippen LogP contribution is -2.19. The smallest absolute Gasteiger partial charge is 0.224 e. The fraction of sp³-hybridized carbons (Fsp3) is 0.533. The molecule has 2 rings (SSSR count). The van der Waals surface area contributed by atoms with Gasteiger partial charge in [-0.05, 0) is 30.5 Å². The van der Waals surface area contributed by atoms with Gasteiger partial charge in [0.25, 0.3) is 0 Å². The number of benzene rings is 1. The van der Waals surface area contributed by atoms with E-state index in [2.05, 4.69) is 10.6 Å². The van der Waals surface area contributed by atoms with Gasteiger partial charge in [0.05, 0.1) is 11.5 Å². The lowest BCUT2D eigenvalue weighted by Gasteiger charge is -2.13. The predicted molar refractivity (Wildman–Crippen MR) is 83.8 cm³/mol. The van der Waals surface area contributed by atoms with Crippen LogP contribution in [-0.2, 0) is 21.2 Å². The maximum absolute atomic E-state index is 12.1. The lowest BCUT2D eigenvalue weighted by atomic mass is 10.0. The summed E-state index contributed by atoms with van der Waals surface area (Å²) < 4.78 is 22.8. The zero-order valence-corrected chi connectivity index (χ0v) is 13.1. The Morgan fingerprint density at radius 1 is 1.33 bits per heavy atom. The Labute approximate surface area is 126 Å². The maximum atomic E-state index is 12.1. The van der Waals surface area contributed by atoms with Gasteiger partial charge in [-0.2, -0.15) is 0 Å². The first-order chi connectivity index (χ1) is 10.00. The molecule has 1 atom stereocenters. The molecule has 1 aromatic rings. The zero-order chi connectivity index (χ0) is 15.3. The molecular weight excluding hydrogens is 288 g/mol. The number of anilines is 1. The average molecular weight is 310 g/mol. The van der Waals surface area contributed by atoms with Gasteiger partial charge in [-0.3, -0.25) is 4.79 Å². The Kier molecular flexibility index (Phi) is 5.36. The monoisotopic (exact) mass is 310 g/mol. The van der Waals surface area contributed by atoms with Crippen LogP contribution in [0.1, 0.15) is 25.3 Å². The Balaban J connectivity index is 1.93. The highest BCUT2D eigenvalue weighted by atomic mass is 32.2. The summed E-state index contributed by atoms with van der Waals surface area (Å²) >= 11 is 0. The standard InChI is InChI=1S/C15H22N2O3S/c1-2-16-10-13-5-3-4-6-14(13)17-15(18)9-12-7-8-21(19,20)11-12/h3-6,12,16H,2,7-11H2,1H3,(H,17,18). The molecule has 116 valence electrons. The van der Waals surface area contributed by atoms with Crippen molar-refractivity contribution in [3.63, 3.8) is 0 Å². The number of sulfone groups is 1. The van der Waals surface area contributed by atoms with Gasteiger partial charge in [-0.15, -0.1) is 0 Å². The number of hydrogen-bond acceptors (Lipinski definition) is 4. The van der Waals surface area contributed by atoms with Gasteiger partial charge in [0.15, 0.2) is 9.84 Å². The van der Waals surface area contributed by atoms with Crippen molar-refractivity contribution in [3.05, 3.63) is 29.8 Å². The fourth-order valence-corrected chi connectivity index (χ4v) is 4.41. The molecule has 0 aliphatic carbocycles. The highest BCUT2D eigenvalue weighted by Crippen LogP contribution is 2.23. The summed E-state index contributed by atoms with van der Waals surface area (Å²) in [6, 6.07) is 7.66. The summed E-state index contributed by atoms with van der Waals surface area (Å²) in [5, 5.41) is 6.13. The number of rotatable bonds is 6. The molecular formula is C15H22N2O3S. The summed E-state index contributed by atoms with van der Waals surface area (Å²) in [5.41, 5.74) is 1.83. The molecule has 1 saturated heterocycles. The quantitative estimate of drug-likeness (QED) is 0.836. The van der Waals surface area contributed by atoms with E-state index in [0.717, 1.165) is 17.8 Å². The van der Waals surface area contributed by atoms with E-state index >= 15 is 0 Å². The summed E-state index contributed by atoms with van der Waals surface area (Å²) in [5.74, 6) is 0.193. The molecule has 0 radical (unpaired) electrons. The number of carbonyl (C=O) groups excluding carboxylic acids is 1. The van der Waals surface area contributed by atoms with Gasteiger partial charge in [-0.1, -0.05) is 25.1 Å². The molecule has 1 heterocycles. The number of para-hydroxylation sites is 1. The predicted octanol–water partition coefficient (Wildman–Crippen LogP) is 1.56. The van der Waals surface area contributed by atoms with Crippen LogP contribution in [0.2, 0.25) is 0 Å². The first-order valence-corrected chi connectivity index (χ1v) is 9.11. The van der Waals surface area contributed by atoms with Crippen molar-refractivity contribution in [1.29, 1.82) is 0 Å². The molecule has 1 fully saturated rings. The van der Waals surface area contributed by atoms with Crippen LogP contribution >= 0.6 is 0 Å². The largest absolute Gasteiger partial charge is 0.326 e. The number of amides is 1. The van der Waals surface area contributed by atoms with Crippen molar-refractivity contribution < 1.29 is 13.2 Å².